The Kier molecular flexibility index (Phi) is 5.26. The number of nitrogens with one attached hydrogen (secondary N) is 1. The van der Waals surface area contributed by atoms with E-state index in [1.807, 2.05) is 48.1 Å². The highest BCUT2D eigenvalue weighted by Gasteiger charge is 2.22. The molecular weight excluding hydrogens is 332 g/mol. The summed E-state index contributed by atoms with van der Waals surface area (Å²) in [6.45, 7) is 0.384. The third-order valence-corrected chi connectivity index (χ3v) is 4.15. The molecule has 0 saturated heterocycles. The minimum atomic E-state index is -0.382. The van der Waals surface area contributed by atoms with Crippen molar-refractivity contribution in [2.75, 3.05) is 14.2 Å². The van der Waals surface area contributed by atoms with E-state index in [4.69, 9.17) is 9.15 Å². The van der Waals surface area contributed by atoms with Gasteiger partial charge in [-0.15, -0.1) is 0 Å². The third-order valence-electron chi connectivity index (χ3n) is 4.15. The van der Waals surface area contributed by atoms with Crippen molar-refractivity contribution >= 4 is 6.03 Å². The van der Waals surface area contributed by atoms with Gasteiger partial charge in [-0.1, -0.05) is 12.1 Å². The first-order chi connectivity index (χ1) is 12.6. The van der Waals surface area contributed by atoms with Gasteiger partial charge >= 0.3 is 6.03 Å². The van der Waals surface area contributed by atoms with Gasteiger partial charge in [0.2, 0.25) is 0 Å². The fraction of sp³-hybridized carbons (Fsp3) is 0.263. The number of ether oxygens (including phenoxy) is 1. The minimum absolute atomic E-state index is 0.217. The van der Waals surface area contributed by atoms with E-state index < -0.39 is 0 Å². The lowest BCUT2D eigenvalue weighted by atomic mass is 10.1. The molecule has 7 nitrogen and oxygen atoms in total. The number of rotatable bonds is 6. The van der Waals surface area contributed by atoms with Crippen LogP contribution in [-0.4, -0.2) is 34.6 Å². The van der Waals surface area contributed by atoms with Gasteiger partial charge in [0.25, 0.3) is 0 Å². The van der Waals surface area contributed by atoms with Crippen LogP contribution in [0, 0.1) is 0 Å². The molecule has 0 aliphatic carbocycles. The van der Waals surface area contributed by atoms with E-state index in [1.165, 1.54) is 0 Å². The highest BCUT2D eigenvalue weighted by Crippen LogP contribution is 2.23. The zero-order valence-corrected chi connectivity index (χ0v) is 15.0. The molecule has 3 aromatic rings. The van der Waals surface area contributed by atoms with Crippen LogP contribution < -0.4 is 10.1 Å². The number of carbonyl (C=O) groups excluding carboxylic acids is 1. The van der Waals surface area contributed by atoms with Gasteiger partial charge < -0.3 is 23.9 Å². The molecule has 2 amide bonds. The quantitative estimate of drug-likeness (QED) is 0.739. The Morgan fingerprint density at radius 3 is 2.69 bits per heavy atom. The molecule has 0 saturated carbocycles. The van der Waals surface area contributed by atoms with E-state index in [2.05, 4.69) is 10.3 Å². The molecule has 0 fully saturated rings. The first-order valence-electron chi connectivity index (χ1n) is 8.23. The number of benzene rings is 1. The van der Waals surface area contributed by atoms with E-state index in [0.29, 0.717) is 6.54 Å². The van der Waals surface area contributed by atoms with Gasteiger partial charge in [0, 0.05) is 26.5 Å². The van der Waals surface area contributed by atoms with E-state index >= 15 is 0 Å². The van der Waals surface area contributed by atoms with Crippen molar-refractivity contribution in [2.45, 2.75) is 12.6 Å². The molecule has 0 aliphatic heterocycles. The Hall–Kier alpha value is -3.22. The number of aryl methyl sites for hydroxylation is 1. The summed E-state index contributed by atoms with van der Waals surface area (Å²) in [5, 5.41) is 3.05. The van der Waals surface area contributed by atoms with Crippen molar-refractivity contribution in [2.24, 2.45) is 7.05 Å². The number of aromatic nitrogens is 2. The monoisotopic (exact) mass is 354 g/mol. The molecule has 7 heteroatoms. The normalized spacial score (nSPS) is 11.8. The second-order valence-corrected chi connectivity index (χ2v) is 5.99. The third kappa shape index (κ3) is 3.88. The molecule has 0 spiro atoms. The van der Waals surface area contributed by atoms with Crippen LogP contribution in [0.1, 0.15) is 23.2 Å². The second kappa shape index (κ2) is 7.77. The van der Waals surface area contributed by atoms with Crippen molar-refractivity contribution in [1.82, 2.24) is 19.8 Å². The summed E-state index contributed by atoms with van der Waals surface area (Å²) in [5.41, 5.74) is 0.917. The number of hydrogen-bond donors (Lipinski definition) is 1. The van der Waals surface area contributed by atoms with Gasteiger partial charge in [0.15, 0.2) is 0 Å². The second-order valence-electron chi connectivity index (χ2n) is 5.99. The maximum absolute atomic E-state index is 12.7. The average molecular weight is 354 g/mol. The Balaban J connectivity index is 1.81. The number of methoxy groups -OCH3 is 1. The maximum atomic E-state index is 12.7. The molecule has 0 bridgehead atoms. The summed E-state index contributed by atoms with van der Waals surface area (Å²) in [6.07, 6.45) is 5.16. The van der Waals surface area contributed by atoms with E-state index in [0.717, 1.165) is 22.9 Å². The summed E-state index contributed by atoms with van der Waals surface area (Å²) in [4.78, 5) is 18.7. The number of carbonyl (C=O) groups is 1. The molecule has 2 aromatic heterocycles. The Morgan fingerprint density at radius 2 is 2.12 bits per heavy atom. The van der Waals surface area contributed by atoms with Crippen LogP contribution in [0.4, 0.5) is 4.79 Å². The lowest BCUT2D eigenvalue weighted by Crippen LogP contribution is -2.40. The summed E-state index contributed by atoms with van der Waals surface area (Å²) in [6, 6.07) is 10.6. The predicted octanol–water partition coefficient (Wildman–Crippen LogP) is 2.95. The van der Waals surface area contributed by atoms with Crippen LogP contribution in [0.5, 0.6) is 5.75 Å². The number of hydrogen-bond acceptors (Lipinski definition) is 4. The molecule has 26 heavy (non-hydrogen) atoms. The number of imidazole rings is 1. The Morgan fingerprint density at radius 1 is 1.35 bits per heavy atom. The number of amides is 2. The number of urea groups is 1. The standard InChI is InChI=1S/C19H22N4O3/c1-22-11-10-20-18(22)17(14-6-8-15(25-3)9-7-14)21-19(24)23(2)13-16-5-4-12-26-16/h4-12,17H,13H2,1-3H3,(H,21,24). The summed E-state index contributed by atoms with van der Waals surface area (Å²) in [7, 11) is 5.25. The molecule has 0 aliphatic rings. The smallest absolute Gasteiger partial charge is 0.318 e. The summed E-state index contributed by atoms with van der Waals surface area (Å²) in [5.74, 6) is 2.23. The van der Waals surface area contributed by atoms with E-state index in [-0.39, 0.29) is 12.1 Å². The highest BCUT2D eigenvalue weighted by atomic mass is 16.5. The van der Waals surface area contributed by atoms with Crippen LogP contribution >= 0.6 is 0 Å². The molecule has 1 atom stereocenters. The molecule has 3 rings (SSSR count). The first kappa shape index (κ1) is 17.6. The maximum Gasteiger partial charge on any atom is 0.318 e. The van der Waals surface area contributed by atoms with Crippen molar-refractivity contribution in [3.63, 3.8) is 0 Å². The molecule has 1 aromatic carbocycles. The lowest BCUT2D eigenvalue weighted by molar-refractivity contribution is 0.200. The van der Waals surface area contributed by atoms with Crippen molar-refractivity contribution in [3.05, 3.63) is 72.2 Å². The number of furan rings is 1. The van der Waals surface area contributed by atoms with Crippen molar-refractivity contribution < 1.29 is 13.9 Å². The van der Waals surface area contributed by atoms with Gasteiger partial charge in [-0.3, -0.25) is 0 Å². The molecule has 0 radical (unpaired) electrons. The molecule has 1 N–H and O–H groups in total. The summed E-state index contributed by atoms with van der Waals surface area (Å²) >= 11 is 0. The van der Waals surface area contributed by atoms with Gasteiger partial charge in [0.05, 0.1) is 19.9 Å². The van der Waals surface area contributed by atoms with E-state index in [1.54, 1.807) is 37.6 Å². The largest absolute Gasteiger partial charge is 0.497 e. The Bertz CT molecular complexity index is 840. The molecule has 136 valence electrons. The van der Waals surface area contributed by atoms with Crippen LogP contribution in [0.15, 0.2) is 59.5 Å². The fourth-order valence-corrected chi connectivity index (χ4v) is 2.69. The minimum Gasteiger partial charge on any atom is -0.497 e. The zero-order valence-electron chi connectivity index (χ0n) is 15.0. The fourth-order valence-electron chi connectivity index (χ4n) is 2.69. The zero-order chi connectivity index (χ0) is 18.5. The Labute approximate surface area is 152 Å². The van der Waals surface area contributed by atoms with Crippen molar-refractivity contribution in [3.8, 4) is 5.75 Å². The van der Waals surface area contributed by atoms with Gasteiger partial charge in [-0.25, -0.2) is 9.78 Å². The van der Waals surface area contributed by atoms with Gasteiger partial charge in [0.1, 0.15) is 23.4 Å². The highest BCUT2D eigenvalue weighted by molar-refractivity contribution is 5.74. The van der Waals surface area contributed by atoms with Crippen molar-refractivity contribution in [1.29, 1.82) is 0 Å². The van der Waals surface area contributed by atoms with Gasteiger partial charge in [-0.2, -0.15) is 0 Å². The topological polar surface area (TPSA) is 72.5 Å². The van der Waals surface area contributed by atoms with Crippen LogP contribution in [0.2, 0.25) is 0 Å². The predicted molar refractivity (Wildman–Crippen MR) is 96.8 cm³/mol. The average Bonchev–Trinajstić information content (AvgIpc) is 3.31. The SMILES string of the molecule is COc1ccc(C(NC(=O)N(C)Cc2ccco2)c2nccn2C)cc1. The van der Waals surface area contributed by atoms with Crippen LogP contribution in [-0.2, 0) is 13.6 Å². The summed E-state index contributed by atoms with van der Waals surface area (Å²) < 4.78 is 12.4. The van der Waals surface area contributed by atoms with Crippen LogP contribution in [0.3, 0.4) is 0 Å². The van der Waals surface area contributed by atoms with E-state index in [9.17, 15) is 4.79 Å². The van der Waals surface area contributed by atoms with Crippen LogP contribution in [0.25, 0.3) is 0 Å². The number of nitrogens with zero attached hydrogens (tertiary/aromatic N) is 3. The molecule has 2 heterocycles. The lowest BCUT2D eigenvalue weighted by Gasteiger charge is -2.23. The first-order valence-corrected chi connectivity index (χ1v) is 8.23. The molecular formula is C19H22N4O3. The van der Waals surface area contributed by atoms with Gasteiger partial charge in [-0.05, 0) is 29.8 Å². The molecule has 1 unspecified atom stereocenters.